The van der Waals surface area contributed by atoms with Gasteiger partial charge in [0.2, 0.25) is 0 Å². The van der Waals surface area contributed by atoms with Gasteiger partial charge in [-0.25, -0.2) is 0 Å². The molecule has 0 unspecified atom stereocenters. The summed E-state index contributed by atoms with van der Waals surface area (Å²) in [6, 6.07) is 3.66. The molecule has 0 atom stereocenters. The van der Waals surface area contributed by atoms with Gasteiger partial charge in [-0.2, -0.15) is 13.2 Å². The molecule has 0 saturated carbocycles. The minimum absolute atomic E-state index is 0.0670. The van der Waals surface area contributed by atoms with Gasteiger partial charge in [0.15, 0.2) is 0 Å². The van der Waals surface area contributed by atoms with Crippen molar-refractivity contribution in [3.8, 4) is 5.75 Å². The second-order valence-corrected chi connectivity index (χ2v) is 4.68. The number of aromatic nitrogens is 2. The Kier molecular flexibility index (Phi) is 4.86. The molecule has 0 radical (unpaired) electrons. The zero-order valence-corrected chi connectivity index (χ0v) is 12.6. The van der Waals surface area contributed by atoms with E-state index < -0.39 is 30.0 Å². The summed E-state index contributed by atoms with van der Waals surface area (Å²) in [6.07, 6.45) is -4.26. The van der Waals surface area contributed by atoms with Gasteiger partial charge >= 0.3 is 24.1 Å². The number of hydrogen-bond donors (Lipinski definition) is 1. The molecule has 1 N–H and O–H groups in total. The minimum Gasteiger partial charge on any atom is -0.427 e. The zero-order chi connectivity index (χ0) is 17.9. The first kappa shape index (κ1) is 17.4. The van der Waals surface area contributed by atoms with Gasteiger partial charge in [0.25, 0.3) is 5.91 Å². The fraction of sp³-hybridized carbons (Fsp3) is 0.286. The maximum Gasteiger partial charge on any atom is 0.470 e. The standard InChI is InChI=1S/C14H12F3N3O4/c1-3-8-4-9(6-10(5-8)23-7(2)21)11(22)18-13-20-19-12(24-13)14(15,16)17/h4-6H,3H2,1-2H3,(H,18,20,22). The van der Waals surface area contributed by atoms with Gasteiger partial charge in [-0.15, -0.1) is 5.10 Å². The molecule has 0 aliphatic carbocycles. The number of ether oxygens (including phenoxy) is 1. The summed E-state index contributed by atoms with van der Waals surface area (Å²) in [4.78, 5) is 23.1. The Morgan fingerprint density at radius 1 is 1.25 bits per heavy atom. The highest BCUT2D eigenvalue weighted by molar-refractivity contribution is 6.03. The van der Waals surface area contributed by atoms with Gasteiger partial charge < -0.3 is 9.15 Å². The predicted molar refractivity (Wildman–Crippen MR) is 74.4 cm³/mol. The van der Waals surface area contributed by atoms with Crippen LogP contribution in [0.5, 0.6) is 5.75 Å². The van der Waals surface area contributed by atoms with Crippen molar-refractivity contribution in [2.24, 2.45) is 0 Å². The molecule has 24 heavy (non-hydrogen) atoms. The molecule has 1 amide bonds. The number of nitrogens with zero attached hydrogens (tertiary/aromatic N) is 2. The van der Waals surface area contributed by atoms with Gasteiger partial charge in [0.05, 0.1) is 0 Å². The number of hydrogen-bond acceptors (Lipinski definition) is 6. The number of anilines is 1. The van der Waals surface area contributed by atoms with E-state index in [9.17, 15) is 22.8 Å². The predicted octanol–water partition coefficient (Wildman–Crippen LogP) is 2.83. The molecular formula is C14H12F3N3O4. The Labute approximate surface area is 133 Å². The number of alkyl halides is 3. The van der Waals surface area contributed by atoms with Gasteiger partial charge in [0.1, 0.15) is 5.75 Å². The van der Waals surface area contributed by atoms with Gasteiger partial charge in [0, 0.05) is 12.5 Å². The Morgan fingerprint density at radius 3 is 2.50 bits per heavy atom. The van der Waals surface area contributed by atoms with Gasteiger partial charge in [-0.05, 0) is 30.2 Å². The molecule has 7 nitrogen and oxygen atoms in total. The lowest BCUT2D eigenvalue weighted by molar-refractivity contribution is -0.156. The molecule has 0 saturated heterocycles. The van der Waals surface area contributed by atoms with Crippen LogP contribution in [0.4, 0.5) is 19.2 Å². The fourth-order valence-electron chi connectivity index (χ4n) is 1.78. The van der Waals surface area contributed by atoms with E-state index in [0.717, 1.165) is 0 Å². The summed E-state index contributed by atoms with van der Waals surface area (Å²) in [5.74, 6) is -2.77. The second kappa shape index (κ2) is 6.69. The van der Waals surface area contributed by atoms with Crippen molar-refractivity contribution in [1.29, 1.82) is 0 Å². The largest absolute Gasteiger partial charge is 0.470 e. The summed E-state index contributed by atoms with van der Waals surface area (Å²) < 4.78 is 46.4. The lowest BCUT2D eigenvalue weighted by Crippen LogP contribution is -2.13. The normalized spacial score (nSPS) is 11.2. The number of benzene rings is 1. The third-order valence-corrected chi connectivity index (χ3v) is 2.79. The van der Waals surface area contributed by atoms with E-state index >= 15 is 0 Å². The maximum atomic E-state index is 12.4. The molecule has 2 rings (SSSR count). The summed E-state index contributed by atoms with van der Waals surface area (Å²) in [5.41, 5.74) is 0.762. The van der Waals surface area contributed by atoms with Crippen molar-refractivity contribution in [2.75, 3.05) is 5.32 Å². The molecule has 128 valence electrons. The number of aryl methyl sites for hydroxylation is 1. The monoisotopic (exact) mass is 343 g/mol. The summed E-state index contributed by atoms with van der Waals surface area (Å²) >= 11 is 0. The summed E-state index contributed by atoms with van der Waals surface area (Å²) in [7, 11) is 0. The van der Waals surface area contributed by atoms with Gasteiger partial charge in [-0.1, -0.05) is 12.0 Å². The van der Waals surface area contributed by atoms with Crippen LogP contribution in [0.15, 0.2) is 22.6 Å². The smallest absolute Gasteiger partial charge is 0.427 e. The quantitative estimate of drug-likeness (QED) is 0.678. The SMILES string of the molecule is CCc1cc(OC(C)=O)cc(C(=O)Nc2nnc(C(F)(F)F)o2)c1. The van der Waals surface area contributed by atoms with Crippen molar-refractivity contribution in [1.82, 2.24) is 10.2 Å². The van der Waals surface area contributed by atoms with Crippen LogP contribution in [0.3, 0.4) is 0 Å². The summed E-state index contributed by atoms with van der Waals surface area (Å²) in [5, 5.41) is 7.97. The van der Waals surface area contributed by atoms with Crippen LogP contribution in [0.1, 0.15) is 35.7 Å². The highest BCUT2D eigenvalue weighted by atomic mass is 19.4. The number of esters is 1. The number of amides is 1. The molecule has 2 aromatic rings. The van der Waals surface area contributed by atoms with Crippen molar-refractivity contribution in [3.05, 3.63) is 35.2 Å². The van der Waals surface area contributed by atoms with E-state index in [4.69, 9.17) is 4.74 Å². The number of carbonyl (C=O) groups is 2. The average Bonchev–Trinajstić information content (AvgIpc) is 2.94. The van der Waals surface area contributed by atoms with E-state index in [-0.39, 0.29) is 11.3 Å². The first-order valence-corrected chi connectivity index (χ1v) is 6.73. The number of rotatable bonds is 4. The van der Waals surface area contributed by atoms with Crippen LogP contribution in [-0.4, -0.2) is 22.1 Å². The first-order chi connectivity index (χ1) is 11.2. The topological polar surface area (TPSA) is 94.3 Å². The lowest BCUT2D eigenvalue weighted by atomic mass is 10.1. The molecule has 0 aliphatic heterocycles. The Morgan fingerprint density at radius 2 is 1.96 bits per heavy atom. The highest BCUT2D eigenvalue weighted by Crippen LogP contribution is 2.29. The number of nitrogens with one attached hydrogen (secondary N) is 1. The molecule has 0 bridgehead atoms. The third-order valence-electron chi connectivity index (χ3n) is 2.79. The zero-order valence-electron chi connectivity index (χ0n) is 12.6. The van der Waals surface area contributed by atoms with Crippen molar-refractivity contribution >= 4 is 17.9 Å². The number of halogens is 3. The van der Waals surface area contributed by atoms with Crippen LogP contribution in [0.2, 0.25) is 0 Å². The van der Waals surface area contributed by atoms with Crippen molar-refractivity contribution < 1.29 is 31.9 Å². The Hall–Kier alpha value is -2.91. The van der Waals surface area contributed by atoms with E-state index in [2.05, 4.69) is 19.9 Å². The first-order valence-electron chi connectivity index (χ1n) is 6.73. The molecule has 1 aromatic carbocycles. The van der Waals surface area contributed by atoms with Crippen LogP contribution >= 0.6 is 0 Å². The molecule has 1 heterocycles. The van der Waals surface area contributed by atoms with Crippen LogP contribution in [0.25, 0.3) is 0 Å². The second-order valence-electron chi connectivity index (χ2n) is 4.68. The lowest BCUT2D eigenvalue weighted by Gasteiger charge is -2.08. The van der Waals surface area contributed by atoms with E-state index in [1.54, 1.807) is 6.07 Å². The Balaban J connectivity index is 2.22. The van der Waals surface area contributed by atoms with Gasteiger partial charge in [-0.3, -0.25) is 14.9 Å². The summed E-state index contributed by atoms with van der Waals surface area (Å²) in [6.45, 7) is 3.03. The molecule has 0 aliphatic rings. The molecular weight excluding hydrogens is 331 g/mol. The minimum atomic E-state index is -4.80. The molecule has 10 heteroatoms. The van der Waals surface area contributed by atoms with E-state index in [1.165, 1.54) is 19.1 Å². The van der Waals surface area contributed by atoms with E-state index in [0.29, 0.717) is 12.0 Å². The number of carbonyl (C=O) groups excluding carboxylic acids is 2. The van der Waals surface area contributed by atoms with Crippen molar-refractivity contribution in [2.45, 2.75) is 26.4 Å². The maximum absolute atomic E-state index is 12.4. The van der Waals surface area contributed by atoms with E-state index in [1.807, 2.05) is 6.92 Å². The molecule has 1 aromatic heterocycles. The fourth-order valence-corrected chi connectivity index (χ4v) is 1.78. The average molecular weight is 343 g/mol. The van der Waals surface area contributed by atoms with Crippen LogP contribution in [0, 0.1) is 0 Å². The van der Waals surface area contributed by atoms with Crippen LogP contribution < -0.4 is 10.1 Å². The Bertz CT molecular complexity index is 771. The molecule has 0 fully saturated rings. The highest BCUT2D eigenvalue weighted by Gasteiger charge is 2.38. The van der Waals surface area contributed by atoms with Crippen molar-refractivity contribution in [3.63, 3.8) is 0 Å². The third kappa shape index (κ3) is 4.31. The molecule has 0 spiro atoms. The van der Waals surface area contributed by atoms with Crippen LogP contribution in [-0.2, 0) is 17.4 Å².